The van der Waals surface area contributed by atoms with Gasteiger partial charge in [-0.05, 0) is 31.0 Å². The molecule has 0 radical (unpaired) electrons. The maximum absolute atomic E-state index is 13.6. The van der Waals surface area contributed by atoms with Crippen molar-refractivity contribution in [2.24, 2.45) is 0 Å². The molecule has 0 spiro atoms. The molecule has 1 aliphatic rings. The second-order valence-corrected chi connectivity index (χ2v) is 5.17. The van der Waals surface area contributed by atoms with E-state index in [4.69, 9.17) is 0 Å². The molecule has 0 aliphatic carbocycles. The molecule has 0 saturated carbocycles. The fourth-order valence-corrected chi connectivity index (χ4v) is 2.64. The van der Waals surface area contributed by atoms with Gasteiger partial charge in [0.15, 0.2) is 0 Å². The first-order valence-corrected chi connectivity index (χ1v) is 7.35. The highest BCUT2D eigenvalue weighted by Gasteiger charge is 2.13. The van der Waals surface area contributed by atoms with Crippen LogP contribution >= 0.6 is 0 Å². The molecule has 1 aromatic carbocycles. The number of nitrogens with zero attached hydrogens (tertiary/aromatic N) is 2. The highest BCUT2D eigenvalue weighted by Crippen LogP contribution is 2.18. The van der Waals surface area contributed by atoms with Gasteiger partial charge in [-0.2, -0.15) is 0 Å². The average Bonchev–Trinajstić information content (AvgIpc) is 2.75. The van der Waals surface area contributed by atoms with E-state index in [1.165, 1.54) is 11.6 Å². The van der Waals surface area contributed by atoms with Crippen LogP contribution in [0.5, 0.6) is 0 Å². The van der Waals surface area contributed by atoms with Gasteiger partial charge in [0.1, 0.15) is 18.0 Å². The summed E-state index contributed by atoms with van der Waals surface area (Å²) in [6, 6.07) is 6.89. The van der Waals surface area contributed by atoms with Gasteiger partial charge >= 0.3 is 0 Å². The molecule has 0 fully saturated rings. The number of hydrogen-bond acceptors (Lipinski definition) is 4. The van der Waals surface area contributed by atoms with E-state index in [2.05, 4.69) is 20.6 Å². The molecule has 2 heterocycles. The summed E-state index contributed by atoms with van der Waals surface area (Å²) in [6.45, 7) is 2.57. The van der Waals surface area contributed by atoms with Crippen molar-refractivity contribution in [1.29, 1.82) is 0 Å². The third kappa shape index (κ3) is 3.36. The summed E-state index contributed by atoms with van der Waals surface area (Å²) in [5.74, 6) is 0.741. The molecule has 0 saturated heterocycles. The van der Waals surface area contributed by atoms with Gasteiger partial charge < -0.3 is 10.6 Å². The van der Waals surface area contributed by atoms with Gasteiger partial charge in [-0.1, -0.05) is 18.2 Å². The summed E-state index contributed by atoms with van der Waals surface area (Å²) in [5, 5.41) is 6.70. The smallest absolute Gasteiger partial charge is 0.132 e. The van der Waals surface area contributed by atoms with Crippen LogP contribution in [0, 0.1) is 5.82 Å². The Balaban J connectivity index is 1.67. The lowest BCUT2D eigenvalue weighted by molar-refractivity contribution is 0.610. The molecule has 2 aromatic rings. The fraction of sp³-hybridized carbons (Fsp3) is 0.375. The van der Waals surface area contributed by atoms with Crippen molar-refractivity contribution >= 4 is 5.82 Å². The molecule has 5 heteroatoms. The monoisotopic (exact) mass is 286 g/mol. The topological polar surface area (TPSA) is 49.8 Å². The largest absolute Gasteiger partial charge is 0.369 e. The van der Waals surface area contributed by atoms with Crippen LogP contribution in [0.15, 0.2) is 30.6 Å². The average molecular weight is 286 g/mol. The number of nitrogens with one attached hydrogen (secondary N) is 2. The number of anilines is 1. The van der Waals surface area contributed by atoms with Crippen LogP contribution in [0.1, 0.15) is 16.8 Å². The molecule has 110 valence electrons. The van der Waals surface area contributed by atoms with Crippen molar-refractivity contribution in [2.75, 3.05) is 25.0 Å². The Kier molecular flexibility index (Phi) is 4.40. The maximum atomic E-state index is 13.6. The molecule has 1 aliphatic heterocycles. The minimum atomic E-state index is -0.148. The first kappa shape index (κ1) is 13.9. The van der Waals surface area contributed by atoms with Crippen LogP contribution in [0.4, 0.5) is 10.2 Å². The SMILES string of the molecule is Fc1ccccc1CCNc1ncnc2c1CCNCC2. The number of fused-ring (bicyclic) bond motifs is 1. The van der Waals surface area contributed by atoms with Gasteiger partial charge in [-0.25, -0.2) is 14.4 Å². The second kappa shape index (κ2) is 6.63. The van der Waals surface area contributed by atoms with Gasteiger partial charge in [0.05, 0.1) is 5.69 Å². The molecule has 1 aromatic heterocycles. The van der Waals surface area contributed by atoms with E-state index >= 15 is 0 Å². The fourth-order valence-electron chi connectivity index (χ4n) is 2.64. The third-order valence-electron chi connectivity index (χ3n) is 3.77. The quantitative estimate of drug-likeness (QED) is 0.902. The third-order valence-corrected chi connectivity index (χ3v) is 3.77. The Labute approximate surface area is 123 Å². The molecule has 0 unspecified atom stereocenters. The Hall–Kier alpha value is -2.01. The summed E-state index contributed by atoms with van der Waals surface area (Å²) in [5.41, 5.74) is 3.03. The Morgan fingerprint density at radius 3 is 2.90 bits per heavy atom. The lowest BCUT2D eigenvalue weighted by Crippen LogP contribution is -2.16. The van der Waals surface area contributed by atoms with Gasteiger partial charge in [0, 0.05) is 25.1 Å². The van der Waals surface area contributed by atoms with Crippen LogP contribution in [0.25, 0.3) is 0 Å². The van der Waals surface area contributed by atoms with E-state index in [1.54, 1.807) is 12.4 Å². The standard InChI is InChI=1S/C16H19FN4/c17-14-4-2-1-3-12(14)5-10-19-16-13-6-8-18-9-7-15(13)20-11-21-16/h1-4,11,18H,5-10H2,(H,19,20,21). The lowest BCUT2D eigenvalue weighted by Gasteiger charge is -2.12. The van der Waals surface area contributed by atoms with Crippen LogP contribution in [0.3, 0.4) is 0 Å². The van der Waals surface area contributed by atoms with Crippen molar-refractivity contribution in [3.8, 4) is 0 Å². The Morgan fingerprint density at radius 2 is 2.00 bits per heavy atom. The predicted octanol–water partition coefficient (Wildman–Crippen LogP) is 1.96. The van der Waals surface area contributed by atoms with Crippen molar-refractivity contribution < 1.29 is 4.39 Å². The number of halogens is 1. The first-order valence-electron chi connectivity index (χ1n) is 7.35. The maximum Gasteiger partial charge on any atom is 0.132 e. The summed E-state index contributed by atoms with van der Waals surface area (Å²) < 4.78 is 13.6. The van der Waals surface area contributed by atoms with E-state index in [1.807, 2.05) is 12.1 Å². The minimum Gasteiger partial charge on any atom is -0.369 e. The van der Waals surface area contributed by atoms with E-state index in [0.29, 0.717) is 13.0 Å². The zero-order chi connectivity index (χ0) is 14.5. The number of rotatable bonds is 4. The molecule has 2 N–H and O–H groups in total. The second-order valence-electron chi connectivity index (χ2n) is 5.17. The zero-order valence-electron chi connectivity index (χ0n) is 11.9. The first-order chi connectivity index (χ1) is 10.3. The van der Waals surface area contributed by atoms with Gasteiger partial charge in [0.2, 0.25) is 0 Å². The normalized spacial score (nSPS) is 14.3. The lowest BCUT2D eigenvalue weighted by atomic mass is 10.1. The van der Waals surface area contributed by atoms with Crippen molar-refractivity contribution in [2.45, 2.75) is 19.3 Å². The molecule has 21 heavy (non-hydrogen) atoms. The molecular weight excluding hydrogens is 267 g/mol. The zero-order valence-corrected chi connectivity index (χ0v) is 11.9. The van der Waals surface area contributed by atoms with Crippen LogP contribution in [0.2, 0.25) is 0 Å². The van der Waals surface area contributed by atoms with E-state index in [0.717, 1.165) is 43.0 Å². The van der Waals surface area contributed by atoms with Gasteiger partial charge in [0.25, 0.3) is 0 Å². The van der Waals surface area contributed by atoms with Crippen molar-refractivity contribution in [3.05, 3.63) is 53.2 Å². The highest BCUT2D eigenvalue weighted by molar-refractivity contribution is 5.46. The van der Waals surface area contributed by atoms with Gasteiger partial charge in [-0.3, -0.25) is 0 Å². The van der Waals surface area contributed by atoms with E-state index < -0.39 is 0 Å². The number of benzene rings is 1. The summed E-state index contributed by atoms with van der Waals surface area (Å²) in [6.07, 6.45) is 4.11. The molecule has 0 bridgehead atoms. The molecule has 0 atom stereocenters. The van der Waals surface area contributed by atoms with Crippen LogP contribution in [-0.2, 0) is 19.3 Å². The highest BCUT2D eigenvalue weighted by atomic mass is 19.1. The number of hydrogen-bond donors (Lipinski definition) is 2. The van der Waals surface area contributed by atoms with E-state index in [9.17, 15) is 4.39 Å². The van der Waals surface area contributed by atoms with Crippen molar-refractivity contribution in [1.82, 2.24) is 15.3 Å². The van der Waals surface area contributed by atoms with Crippen LogP contribution < -0.4 is 10.6 Å². The summed E-state index contributed by atoms with van der Waals surface area (Å²) >= 11 is 0. The van der Waals surface area contributed by atoms with Crippen LogP contribution in [-0.4, -0.2) is 29.6 Å². The Bertz CT molecular complexity index is 615. The Morgan fingerprint density at radius 1 is 1.14 bits per heavy atom. The van der Waals surface area contributed by atoms with E-state index in [-0.39, 0.29) is 5.82 Å². The number of aromatic nitrogens is 2. The summed E-state index contributed by atoms with van der Waals surface area (Å²) in [7, 11) is 0. The summed E-state index contributed by atoms with van der Waals surface area (Å²) in [4.78, 5) is 8.71. The molecular formula is C16H19FN4. The predicted molar refractivity (Wildman–Crippen MR) is 80.9 cm³/mol. The minimum absolute atomic E-state index is 0.148. The molecule has 3 rings (SSSR count). The molecule has 0 amide bonds. The van der Waals surface area contributed by atoms with Crippen molar-refractivity contribution in [3.63, 3.8) is 0 Å². The van der Waals surface area contributed by atoms with Gasteiger partial charge in [-0.15, -0.1) is 0 Å². The molecule has 4 nitrogen and oxygen atoms in total.